The first-order valence-corrected chi connectivity index (χ1v) is 9.32. The highest BCUT2D eigenvalue weighted by Crippen LogP contribution is 2.31. The summed E-state index contributed by atoms with van der Waals surface area (Å²) in [4.78, 5) is -0.00753. The molecule has 0 saturated heterocycles. The lowest BCUT2D eigenvalue weighted by atomic mass is 10.2. The predicted molar refractivity (Wildman–Crippen MR) is 92.5 cm³/mol. The lowest BCUT2D eigenvalue weighted by molar-refractivity contribution is 0.336. The smallest absolute Gasteiger partial charge is 0.241 e. The molecule has 3 aromatic rings. The standard InChI is InChI=1S/C18H18FNO4S/c1-3-23-16-6-4-5-13-11-17(24-18(13)16)12(2)20-25(21,22)15-9-7-14(19)8-10-15/h4-12,20H,3H2,1-2H3/t12-/m1/s1. The largest absolute Gasteiger partial charge is 0.490 e. The molecule has 3 rings (SSSR count). The minimum atomic E-state index is -3.79. The zero-order chi connectivity index (χ0) is 18.0. The Morgan fingerprint density at radius 3 is 2.60 bits per heavy atom. The maximum Gasteiger partial charge on any atom is 0.241 e. The molecule has 5 nitrogen and oxygen atoms in total. The predicted octanol–water partition coefficient (Wildman–Crippen LogP) is 4.01. The van der Waals surface area contributed by atoms with Crippen molar-refractivity contribution in [2.75, 3.05) is 6.61 Å². The third-order valence-electron chi connectivity index (χ3n) is 3.71. The van der Waals surface area contributed by atoms with E-state index in [1.54, 1.807) is 19.1 Å². The minimum Gasteiger partial charge on any atom is -0.490 e. The van der Waals surface area contributed by atoms with Crippen LogP contribution in [-0.4, -0.2) is 15.0 Å². The lowest BCUT2D eigenvalue weighted by Gasteiger charge is -2.12. The number of nitrogens with one attached hydrogen (secondary N) is 1. The van der Waals surface area contributed by atoms with E-state index in [1.807, 2.05) is 19.1 Å². The highest BCUT2D eigenvalue weighted by atomic mass is 32.2. The normalized spacial score (nSPS) is 13.1. The first kappa shape index (κ1) is 17.4. The molecule has 0 aliphatic rings. The molecule has 1 aromatic heterocycles. The Morgan fingerprint density at radius 1 is 1.20 bits per heavy atom. The van der Waals surface area contributed by atoms with Gasteiger partial charge in [-0.25, -0.2) is 17.5 Å². The second-order valence-electron chi connectivity index (χ2n) is 5.55. The van der Waals surface area contributed by atoms with Crippen molar-refractivity contribution in [1.82, 2.24) is 4.72 Å². The van der Waals surface area contributed by atoms with E-state index in [0.29, 0.717) is 23.7 Å². The quantitative estimate of drug-likeness (QED) is 0.718. The maximum absolute atomic E-state index is 13.0. The van der Waals surface area contributed by atoms with E-state index in [-0.39, 0.29) is 4.90 Å². The number of furan rings is 1. The van der Waals surface area contributed by atoms with Crippen molar-refractivity contribution >= 4 is 21.0 Å². The third kappa shape index (κ3) is 3.67. The van der Waals surface area contributed by atoms with Crippen LogP contribution in [0.3, 0.4) is 0 Å². The lowest BCUT2D eigenvalue weighted by Crippen LogP contribution is -2.26. The van der Waals surface area contributed by atoms with Gasteiger partial charge in [-0.15, -0.1) is 0 Å². The number of hydrogen-bond donors (Lipinski definition) is 1. The second kappa shape index (κ2) is 6.85. The second-order valence-corrected chi connectivity index (χ2v) is 7.27. The van der Waals surface area contributed by atoms with Gasteiger partial charge in [-0.2, -0.15) is 0 Å². The highest BCUT2D eigenvalue weighted by molar-refractivity contribution is 7.89. The molecule has 0 aliphatic heterocycles. The van der Waals surface area contributed by atoms with Crippen molar-refractivity contribution < 1.29 is 22.0 Å². The fourth-order valence-corrected chi connectivity index (χ4v) is 3.72. The fourth-order valence-electron chi connectivity index (χ4n) is 2.51. The summed E-state index contributed by atoms with van der Waals surface area (Å²) in [5, 5.41) is 0.828. The Morgan fingerprint density at radius 2 is 1.92 bits per heavy atom. The number of ether oxygens (including phenoxy) is 1. The number of fused-ring (bicyclic) bond motifs is 1. The molecule has 1 N–H and O–H groups in total. The summed E-state index contributed by atoms with van der Waals surface area (Å²) in [5.74, 6) is 0.584. The molecule has 0 amide bonds. The first-order valence-electron chi connectivity index (χ1n) is 7.84. The average Bonchev–Trinajstić information content (AvgIpc) is 3.00. The maximum atomic E-state index is 13.0. The van der Waals surface area contributed by atoms with E-state index in [2.05, 4.69) is 4.72 Å². The van der Waals surface area contributed by atoms with Crippen LogP contribution in [-0.2, 0) is 10.0 Å². The summed E-state index contributed by atoms with van der Waals surface area (Å²) in [6, 6.07) is 11.3. The van der Waals surface area contributed by atoms with Crippen LogP contribution >= 0.6 is 0 Å². The number of hydrogen-bond acceptors (Lipinski definition) is 4. The van der Waals surface area contributed by atoms with E-state index in [4.69, 9.17) is 9.15 Å². The summed E-state index contributed by atoms with van der Waals surface area (Å²) in [7, 11) is -3.79. The molecule has 1 atom stereocenters. The Labute approximate surface area is 145 Å². The van der Waals surface area contributed by atoms with E-state index >= 15 is 0 Å². The molecule has 25 heavy (non-hydrogen) atoms. The van der Waals surface area contributed by atoms with Gasteiger partial charge in [0, 0.05) is 5.39 Å². The van der Waals surface area contributed by atoms with Crippen LogP contribution in [0.25, 0.3) is 11.0 Å². The molecule has 0 saturated carbocycles. The van der Waals surface area contributed by atoms with Crippen molar-refractivity contribution in [2.24, 2.45) is 0 Å². The number of halogens is 1. The van der Waals surface area contributed by atoms with Crippen LogP contribution in [0.4, 0.5) is 4.39 Å². The zero-order valence-corrected chi connectivity index (χ0v) is 14.6. The monoisotopic (exact) mass is 363 g/mol. The molecule has 0 spiro atoms. The summed E-state index contributed by atoms with van der Waals surface area (Å²) in [5.41, 5.74) is 0.576. The van der Waals surface area contributed by atoms with E-state index in [1.165, 1.54) is 12.1 Å². The number of para-hydroxylation sites is 1. The van der Waals surface area contributed by atoms with Crippen molar-refractivity contribution in [3.05, 3.63) is 60.1 Å². The van der Waals surface area contributed by atoms with E-state index in [0.717, 1.165) is 17.5 Å². The van der Waals surface area contributed by atoms with Crippen LogP contribution < -0.4 is 9.46 Å². The fraction of sp³-hybridized carbons (Fsp3) is 0.222. The topological polar surface area (TPSA) is 68.5 Å². The zero-order valence-electron chi connectivity index (χ0n) is 13.8. The molecular weight excluding hydrogens is 345 g/mol. The van der Waals surface area contributed by atoms with Crippen LogP contribution in [0.5, 0.6) is 5.75 Å². The number of rotatable bonds is 6. The van der Waals surface area contributed by atoms with Crippen LogP contribution in [0.1, 0.15) is 25.6 Å². The molecule has 7 heteroatoms. The molecule has 0 aliphatic carbocycles. The molecule has 0 radical (unpaired) electrons. The van der Waals surface area contributed by atoms with Gasteiger partial charge in [0.25, 0.3) is 0 Å². The van der Waals surface area contributed by atoms with Gasteiger partial charge in [-0.05, 0) is 50.2 Å². The molecule has 1 heterocycles. The van der Waals surface area contributed by atoms with Crippen LogP contribution in [0.15, 0.2) is 57.8 Å². The minimum absolute atomic E-state index is 0.00753. The molecule has 132 valence electrons. The van der Waals surface area contributed by atoms with Crippen LogP contribution in [0, 0.1) is 5.82 Å². The van der Waals surface area contributed by atoms with E-state index in [9.17, 15) is 12.8 Å². The summed E-state index contributed by atoms with van der Waals surface area (Å²) >= 11 is 0. The summed E-state index contributed by atoms with van der Waals surface area (Å²) < 4.78 is 51.7. The third-order valence-corrected chi connectivity index (χ3v) is 5.27. The average molecular weight is 363 g/mol. The number of sulfonamides is 1. The van der Waals surface area contributed by atoms with Crippen molar-refractivity contribution in [3.8, 4) is 5.75 Å². The van der Waals surface area contributed by atoms with E-state index < -0.39 is 21.9 Å². The van der Waals surface area contributed by atoms with Crippen molar-refractivity contribution in [3.63, 3.8) is 0 Å². The van der Waals surface area contributed by atoms with Gasteiger partial charge >= 0.3 is 0 Å². The molecule has 2 aromatic carbocycles. The Bertz CT molecular complexity index is 980. The summed E-state index contributed by atoms with van der Waals surface area (Å²) in [6.45, 7) is 4.06. The van der Waals surface area contributed by atoms with Gasteiger partial charge in [0.2, 0.25) is 10.0 Å². The molecular formula is C18H18FNO4S. The SMILES string of the molecule is CCOc1cccc2cc([C@@H](C)NS(=O)(=O)c3ccc(F)cc3)oc12. The van der Waals surface area contributed by atoms with Crippen molar-refractivity contribution in [2.45, 2.75) is 24.8 Å². The van der Waals surface area contributed by atoms with Gasteiger partial charge in [-0.3, -0.25) is 0 Å². The van der Waals surface area contributed by atoms with Gasteiger partial charge in [0.15, 0.2) is 11.3 Å². The molecule has 0 unspecified atom stereocenters. The van der Waals surface area contributed by atoms with Gasteiger partial charge < -0.3 is 9.15 Å². The summed E-state index contributed by atoms with van der Waals surface area (Å²) in [6.07, 6.45) is 0. The van der Waals surface area contributed by atoms with Gasteiger partial charge in [-0.1, -0.05) is 12.1 Å². The van der Waals surface area contributed by atoms with Crippen molar-refractivity contribution in [1.29, 1.82) is 0 Å². The molecule has 0 fully saturated rings. The first-order chi connectivity index (χ1) is 11.9. The van der Waals surface area contributed by atoms with Crippen LogP contribution in [0.2, 0.25) is 0 Å². The Hall–Kier alpha value is -2.38. The molecule has 0 bridgehead atoms. The highest BCUT2D eigenvalue weighted by Gasteiger charge is 2.21. The van der Waals surface area contributed by atoms with Gasteiger partial charge in [0.05, 0.1) is 17.5 Å². The Balaban J connectivity index is 1.88. The van der Waals surface area contributed by atoms with Gasteiger partial charge in [0.1, 0.15) is 11.6 Å². The number of benzene rings is 2. The Kier molecular flexibility index (Phi) is 4.78.